The van der Waals surface area contributed by atoms with Crippen LogP contribution in [0, 0.1) is 0 Å². The maximum atomic E-state index is 9.19. The third-order valence-corrected chi connectivity index (χ3v) is 2.52. The second kappa shape index (κ2) is 3.83. The Hall–Kier alpha value is -2.49. The van der Waals surface area contributed by atoms with Gasteiger partial charge in [0.1, 0.15) is 5.75 Å². The van der Waals surface area contributed by atoms with Crippen LogP contribution in [-0.2, 0) is 0 Å². The zero-order valence-corrected chi connectivity index (χ0v) is 9.04. The van der Waals surface area contributed by atoms with Gasteiger partial charge in [-0.05, 0) is 30.3 Å². The Morgan fingerprint density at radius 2 is 1.76 bits per heavy atom. The van der Waals surface area contributed by atoms with Crippen LogP contribution in [0.25, 0.3) is 10.9 Å². The molecule has 0 saturated heterocycles. The number of aromatic nitrogens is 2. The van der Waals surface area contributed by atoms with Crippen molar-refractivity contribution in [1.29, 1.82) is 0 Å². The first-order chi connectivity index (χ1) is 8.31. The first-order valence-corrected chi connectivity index (χ1v) is 5.32. The zero-order valence-electron chi connectivity index (χ0n) is 9.04. The topological polar surface area (TPSA) is 50.1 Å². The highest BCUT2D eigenvalue weighted by atomic mass is 16.3. The molecule has 0 aliphatic rings. The Morgan fingerprint density at radius 1 is 1.00 bits per heavy atom. The number of phenolic OH excluding ortho intramolecular Hbond substituents is 1. The largest absolute Gasteiger partial charge is 0.508 e. The van der Waals surface area contributed by atoms with E-state index in [0.717, 1.165) is 16.6 Å². The number of phenols is 1. The fourth-order valence-corrected chi connectivity index (χ4v) is 1.69. The number of hydrogen-bond acceptors (Lipinski definition) is 3. The summed E-state index contributed by atoms with van der Waals surface area (Å²) in [5.41, 5.74) is 4.93. The van der Waals surface area contributed by atoms with E-state index < -0.39 is 0 Å². The van der Waals surface area contributed by atoms with Gasteiger partial charge in [-0.1, -0.05) is 18.2 Å². The minimum absolute atomic E-state index is 0.251. The second-order valence-electron chi connectivity index (χ2n) is 3.79. The van der Waals surface area contributed by atoms with Crippen LogP contribution in [0.4, 0.5) is 5.69 Å². The quantitative estimate of drug-likeness (QED) is 0.659. The summed E-state index contributed by atoms with van der Waals surface area (Å²) in [6, 6.07) is 14.8. The number of nitrogens with zero attached hydrogens (tertiary/aromatic N) is 2. The summed E-state index contributed by atoms with van der Waals surface area (Å²) in [6.45, 7) is 0. The van der Waals surface area contributed by atoms with Crippen molar-refractivity contribution in [2.75, 3.05) is 5.43 Å². The van der Waals surface area contributed by atoms with Crippen molar-refractivity contribution in [3.05, 3.63) is 54.7 Å². The summed E-state index contributed by atoms with van der Waals surface area (Å²) in [7, 11) is 0. The van der Waals surface area contributed by atoms with Crippen LogP contribution in [0.2, 0.25) is 0 Å². The first-order valence-electron chi connectivity index (χ1n) is 5.32. The minimum Gasteiger partial charge on any atom is -0.508 e. The van der Waals surface area contributed by atoms with Crippen LogP contribution in [0.5, 0.6) is 5.75 Å². The van der Waals surface area contributed by atoms with Crippen LogP contribution < -0.4 is 5.43 Å². The van der Waals surface area contributed by atoms with Crippen LogP contribution in [0.3, 0.4) is 0 Å². The molecule has 84 valence electrons. The number of aromatic hydroxyl groups is 1. The molecule has 0 radical (unpaired) electrons. The second-order valence-corrected chi connectivity index (χ2v) is 3.79. The Morgan fingerprint density at radius 3 is 2.53 bits per heavy atom. The fraction of sp³-hybridized carbons (Fsp3) is 0. The minimum atomic E-state index is 0.251. The highest BCUT2D eigenvalue weighted by Crippen LogP contribution is 2.15. The Balaban J connectivity index is 1.92. The van der Waals surface area contributed by atoms with E-state index in [9.17, 15) is 5.11 Å². The van der Waals surface area contributed by atoms with Crippen molar-refractivity contribution in [2.45, 2.75) is 0 Å². The monoisotopic (exact) mass is 225 g/mol. The van der Waals surface area contributed by atoms with Gasteiger partial charge in [-0.2, -0.15) is 9.89 Å². The van der Waals surface area contributed by atoms with E-state index in [1.807, 2.05) is 30.5 Å². The molecule has 1 heterocycles. The predicted octanol–water partition coefficient (Wildman–Crippen LogP) is 2.62. The molecule has 0 aliphatic carbocycles. The lowest BCUT2D eigenvalue weighted by molar-refractivity contribution is 0.475. The average Bonchev–Trinajstić information content (AvgIpc) is 2.74. The molecular formula is C13H11N3O. The normalized spacial score (nSPS) is 10.6. The van der Waals surface area contributed by atoms with Crippen molar-refractivity contribution in [3.8, 4) is 5.75 Å². The molecule has 0 unspecified atom stereocenters. The molecule has 0 aliphatic heterocycles. The van der Waals surface area contributed by atoms with Gasteiger partial charge in [0.25, 0.3) is 0 Å². The molecule has 0 spiro atoms. The molecule has 1 aromatic heterocycles. The summed E-state index contributed by atoms with van der Waals surface area (Å²) in [5.74, 6) is 0.251. The van der Waals surface area contributed by atoms with E-state index >= 15 is 0 Å². The standard InChI is InChI=1S/C13H11N3O/c17-12-7-5-11(6-8-12)14-16-9-10-3-1-2-4-13(10)15-16/h1-9,14,17H. The summed E-state index contributed by atoms with van der Waals surface area (Å²) in [6.07, 6.45) is 1.92. The number of rotatable bonds is 2. The molecule has 3 rings (SSSR count). The van der Waals surface area contributed by atoms with Gasteiger partial charge in [-0.25, -0.2) is 0 Å². The lowest BCUT2D eigenvalue weighted by Gasteiger charge is -2.05. The lowest BCUT2D eigenvalue weighted by Crippen LogP contribution is -2.08. The van der Waals surface area contributed by atoms with Gasteiger partial charge in [0.2, 0.25) is 0 Å². The highest BCUT2D eigenvalue weighted by molar-refractivity contribution is 5.77. The van der Waals surface area contributed by atoms with Crippen LogP contribution >= 0.6 is 0 Å². The van der Waals surface area contributed by atoms with Gasteiger partial charge >= 0.3 is 0 Å². The third kappa shape index (κ3) is 1.92. The van der Waals surface area contributed by atoms with Crippen molar-refractivity contribution >= 4 is 16.6 Å². The average molecular weight is 225 g/mol. The van der Waals surface area contributed by atoms with E-state index in [2.05, 4.69) is 10.5 Å². The highest BCUT2D eigenvalue weighted by Gasteiger charge is 1.99. The van der Waals surface area contributed by atoms with Crippen LogP contribution in [0.1, 0.15) is 0 Å². The molecule has 2 aromatic carbocycles. The molecule has 2 N–H and O–H groups in total. The fourth-order valence-electron chi connectivity index (χ4n) is 1.69. The summed E-state index contributed by atoms with van der Waals surface area (Å²) in [5, 5.41) is 14.6. The Labute approximate surface area is 98.1 Å². The molecule has 0 bridgehead atoms. The van der Waals surface area contributed by atoms with Gasteiger partial charge in [-0.15, -0.1) is 0 Å². The van der Waals surface area contributed by atoms with Gasteiger partial charge < -0.3 is 5.11 Å². The summed E-state index contributed by atoms with van der Waals surface area (Å²) >= 11 is 0. The van der Waals surface area contributed by atoms with Crippen LogP contribution in [0.15, 0.2) is 54.7 Å². The van der Waals surface area contributed by atoms with E-state index in [-0.39, 0.29) is 5.75 Å². The van der Waals surface area contributed by atoms with Crippen LogP contribution in [-0.4, -0.2) is 15.0 Å². The molecule has 0 saturated carbocycles. The molecular weight excluding hydrogens is 214 g/mol. The van der Waals surface area contributed by atoms with Crippen molar-refractivity contribution < 1.29 is 5.11 Å². The van der Waals surface area contributed by atoms with Gasteiger partial charge in [-0.3, -0.25) is 5.43 Å². The van der Waals surface area contributed by atoms with Crippen molar-refractivity contribution in [2.24, 2.45) is 0 Å². The van der Waals surface area contributed by atoms with Gasteiger partial charge in [0.15, 0.2) is 0 Å². The van der Waals surface area contributed by atoms with E-state index in [1.165, 1.54) is 0 Å². The van der Waals surface area contributed by atoms with E-state index in [1.54, 1.807) is 29.1 Å². The maximum Gasteiger partial charge on any atom is 0.115 e. The number of fused-ring (bicyclic) bond motifs is 1. The summed E-state index contributed by atoms with van der Waals surface area (Å²) < 4.78 is 0. The number of nitrogens with one attached hydrogen (secondary N) is 1. The molecule has 4 heteroatoms. The maximum absolute atomic E-state index is 9.19. The molecule has 0 fully saturated rings. The molecule has 17 heavy (non-hydrogen) atoms. The molecule has 0 atom stereocenters. The molecule has 3 aromatic rings. The summed E-state index contributed by atoms with van der Waals surface area (Å²) in [4.78, 5) is 1.66. The number of anilines is 1. The van der Waals surface area contributed by atoms with E-state index in [4.69, 9.17) is 0 Å². The Bertz CT molecular complexity index is 610. The zero-order chi connectivity index (χ0) is 11.7. The molecule has 0 amide bonds. The lowest BCUT2D eigenvalue weighted by atomic mass is 10.3. The third-order valence-electron chi connectivity index (χ3n) is 2.52. The van der Waals surface area contributed by atoms with Gasteiger partial charge in [0.05, 0.1) is 17.4 Å². The Kier molecular flexibility index (Phi) is 2.19. The number of hydrogen-bond donors (Lipinski definition) is 2. The first kappa shape index (κ1) is 9.72. The van der Waals surface area contributed by atoms with Crippen molar-refractivity contribution in [3.63, 3.8) is 0 Å². The van der Waals surface area contributed by atoms with Gasteiger partial charge in [0, 0.05) is 5.39 Å². The predicted molar refractivity (Wildman–Crippen MR) is 66.9 cm³/mol. The van der Waals surface area contributed by atoms with Crippen molar-refractivity contribution in [1.82, 2.24) is 9.89 Å². The SMILES string of the molecule is Oc1ccc(Nn2cc3ccccc3n2)cc1. The number of benzene rings is 2. The smallest absolute Gasteiger partial charge is 0.115 e. The van der Waals surface area contributed by atoms with E-state index in [0.29, 0.717) is 0 Å². The molecule has 4 nitrogen and oxygen atoms in total.